The molecular formula is C15H23F3N4O2. The number of aromatic nitrogens is 2. The molecule has 0 aliphatic heterocycles. The smallest absolute Gasteiger partial charge is 0.383 e. The standard InChI is InChI=1S/C15H23F3N4O2/c1-24-9-8-21-11-12(10-19-21)20-14(23)22(7-6-15(16,17)18)13-4-2-3-5-13/h10-11,13H,2-9H2,1H3,(H,20,23). The lowest BCUT2D eigenvalue weighted by Crippen LogP contribution is -2.43. The Morgan fingerprint density at radius 1 is 1.46 bits per heavy atom. The average molecular weight is 348 g/mol. The number of nitrogens with one attached hydrogen (secondary N) is 1. The first kappa shape index (κ1) is 18.6. The van der Waals surface area contributed by atoms with Gasteiger partial charge in [-0.15, -0.1) is 0 Å². The SMILES string of the molecule is COCCn1cc(NC(=O)N(CCC(F)(F)F)C2CCCC2)cn1. The zero-order valence-electron chi connectivity index (χ0n) is 13.7. The molecule has 1 aromatic rings. The zero-order valence-corrected chi connectivity index (χ0v) is 13.7. The van der Waals surface area contributed by atoms with Gasteiger partial charge in [-0.1, -0.05) is 12.8 Å². The molecule has 2 amide bonds. The van der Waals surface area contributed by atoms with Crippen LogP contribution in [0.5, 0.6) is 0 Å². The largest absolute Gasteiger partial charge is 0.390 e. The summed E-state index contributed by atoms with van der Waals surface area (Å²) < 4.78 is 44.1. The number of rotatable bonds is 7. The lowest BCUT2D eigenvalue weighted by atomic mass is 10.2. The van der Waals surface area contributed by atoms with E-state index in [2.05, 4.69) is 10.4 Å². The van der Waals surface area contributed by atoms with Crippen LogP contribution in [0, 0.1) is 0 Å². The summed E-state index contributed by atoms with van der Waals surface area (Å²) in [5.74, 6) is 0. The molecular weight excluding hydrogens is 325 g/mol. The molecule has 1 aliphatic rings. The van der Waals surface area contributed by atoms with Crippen molar-refractivity contribution in [2.75, 3.05) is 25.6 Å². The van der Waals surface area contributed by atoms with E-state index in [4.69, 9.17) is 4.74 Å². The Morgan fingerprint density at radius 2 is 2.17 bits per heavy atom. The van der Waals surface area contributed by atoms with Gasteiger partial charge in [-0.2, -0.15) is 18.3 Å². The van der Waals surface area contributed by atoms with Gasteiger partial charge >= 0.3 is 12.2 Å². The minimum Gasteiger partial charge on any atom is -0.383 e. The van der Waals surface area contributed by atoms with Gasteiger partial charge in [0.25, 0.3) is 0 Å². The summed E-state index contributed by atoms with van der Waals surface area (Å²) in [5, 5.41) is 6.72. The molecule has 0 radical (unpaired) electrons. The summed E-state index contributed by atoms with van der Waals surface area (Å²) in [4.78, 5) is 13.7. The Hall–Kier alpha value is -1.77. The van der Waals surface area contributed by atoms with Crippen LogP contribution in [-0.4, -0.2) is 53.2 Å². The van der Waals surface area contributed by atoms with E-state index in [0.717, 1.165) is 25.7 Å². The second-order valence-electron chi connectivity index (χ2n) is 5.91. The minimum absolute atomic E-state index is 0.129. The van der Waals surface area contributed by atoms with Gasteiger partial charge in [0.2, 0.25) is 0 Å². The molecule has 1 saturated carbocycles. The molecule has 136 valence electrons. The first-order valence-electron chi connectivity index (χ1n) is 8.05. The lowest BCUT2D eigenvalue weighted by molar-refractivity contribution is -0.137. The van der Waals surface area contributed by atoms with Crippen molar-refractivity contribution in [2.24, 2.45) is 0 Å². The van der Waals surface area contributed by atoms with Gasteiger partial charge in [0.05, 0.1) is 31.5 Å². The van der Waals surface area contributed by atoms with Crippen molar-refractivity contribution in [3.8, 4) is 0 Å². The maximum Gasteiger partial charge on any atom is 0.390 e. The highest BCUT2D eigenvalue weighted by atomic mass is 19.4. The van der Waals surface area contributed by atoms with Gasteiger partial charge < -0.3 is 15.0 Å². The molecule has 1 aromatic heterocycles. The van der Waals surface area contributed by atoms with Gasteiger partial charge in [-0.25, -0.2) is 4.79 Å². The van der Waals surface area contributed by atoms with Crippen molar-refractivity contribution in [3.63, 3.8) is 0 Å². The third-order valence-electron chi connectivity index (χ3n) is 4.07. The van der Waals surface area contributed by atoms with E-state index in [1.807, 2.05) is 0 Å². The van der Waals surface area contributed by atoms with E-state index in [-0.39, 0.29) is 12.6 Å². The molecule has 0 spiro atoms. The number of carbonyl (C=O) groups is 1. The second kappa shape index (κ2) is 8.36. The Morgan fingerprint density at radius 3 is 2.79 bits per heavy atom. The number of urea groups is 1. The van der Waals surface area contributed by atoms with E-state index >= 15 is 0 Å². The molecule has 0 aromatic carbocycles. The van der Waals surface area contributed by atoms with E-state index in [1.165, 1.54) is 11.1 Å². The fourth-order valence-corrected chi connectivity index (χ4v) is 2.84. The van der Waals surface area contributed by atoms with Crippen LogP contribution < -0.4 is 5.32 Å². The maximum absolute atomic E-state index is 12.5. The van der Waals surface area contributed by atoms with Crippen LogP contribution >= 0.6 is 0 Å². The first-order valence-corrected chi connectivity index (χ1v) is 8.05. The number of amides is 2. The monoisotopic (exact) mass is 348 g/mol. The van der Waals surface area contributed by atoms with Crippen LogP contribution in [0.25, 0.3) is 0 Å². The minimum atomic E-state index is -4.28. The average Bonchev–Trinajstić information content (AvgIpc) is 3.16. The maximum atomic E-state index is 12.5. The number of nitrogens with zero attached hydrogens (tertiary/aromatic N) is 3. The molecule has 6 nitrogen and oxygen atoms in total. The predicted octanol–water partition coefficient (Wildman–Crippen LogP) is 3.26. The molecule has 9 heteroatoms. The fraction of sp³-hybridized carbons (Fsp3) is 0.733. The topological polar surface area (TPSA) is 59.4 Å². The van der Waals surface area contributed by atoms with E-state index < -0.39 is 18.6 Å². The van der Waals surface area contributed by atoms with Gasteiger partial charge in [-0.3, -0.25) is 4.68 Å². The fourth-order valence-electron chi connectivity index (χ4n) is 2.84. The van der Waals surface area contributed by atoms with Crippen LogP contribution in [0.4, 0.5) is 23.7 Å². The molecule has 1 aliphatic carbocycles. The van der Waals surface area contributed by atoms with Crippen molar-refractivity contribution in [3.05, 3.63) is 12.4 Å². The molecule has 0 bridgehead atoms. The summed E-state index contributed by atoms with van der Waals surface area (Å²) in [5.41, 5.74) is 0.464. The molecule has 24 heavy (non-hydrogen) atoms. The van der Waals surface area contributed by atoms with E-state index in [0.29, 0.717) is 18.8 Å². The van der Waals surface area contributed by atoms with Gasteiger partial charge in [0, 0.05) is 25.9 Å². The number of carbonyl (C=O) groups excluding carboxylic acids is 1. The Labute approximate surface area is 138 Å². The van der Waals surface area contributed by atoms with Crippen LogP contribution in [0.3, 0.4) is 0 Å². The molecule has 1 fully saturated rings. The highest BCUT2D eigenvalue weighted by Crippen LogP contribution is 2.27. The highest BCUT2D eigenvalue weighted by molar-refractivity contribution is 5.89. The summed E-state index contributed by atoms with van der Waals surface area (Å²) in [7, 11) is 1.58. The molecule has 1 heterocycles. The number of alkyl halides is 3. The molecule has 0 unspecified atom stereocenters. The quantitative estimate of drug-likeness (QED) is 0.823. The number of hydrogen-bond acceptors (Lipinski definition) is 3. The number of halogens is 3. The van der Waals surface area contributed by atoms with Crippen LogP contribution in [0.1, 0.15) is 32.1 Å². The summed E-state index contributed by atoms with van der Waals surface area (Å²) in [6.45, 7) is 0.694. The highest BCUT2D eigenvalue weighted by Gasteiger charge is 2.33. The van der Waals surface area contributed by atoms with Crippen molar-refractivity contribution in [1.29, 1.82) is 0 Å². The van der Waals surface area contributed by atoms with E-state index in [9.17, 15) is 18.0 Å². The van der Waals surface area contributed by atoms with Crippen molar-refractivity contribution >= 4 is 11.7 Å². The number of methoxy groups -OCH3 is 1. The Kier molecular flexibility index (Phi) is 6.47. The second-order valence-corrected chi connectivity index (χ2v) is 5.91. The lowest BCUT2D eigenvalue weighted by Gasteiger charge is -2.29. The summed E-state index contributed by atoms with van der Waals surface area (Å²) in [6.07, 6.45) is 1.21. The Bertz CT molecular complexity index is 527. The first-order chi connectivity index (χ1) is 11.4. The zero-order chi connectivity index (χ0) is 17.6. The van der Waals surface area contributed by atoms with Crippen molar-refractivity contribution in [1.82, 2.24) is 14.7 Å². The molecule has 2 rings (SSSR count). The van der Waals surface area contributed by atoms with Crippen LogP contribution in [-0.2, 0) is 11.3 Å². The van der Waals surface area contributed by atoms with Crippen molar-refractivity contribution in [2.45, 2.75) is 50.9 Å². The third kappa shape index (κ3) is 5.70. The van der Waals surface area contributed by atoms with Crippen LogP contribution in [0.15, 0.2) is 12.4 Å². The van der Waals surface area contributed by atoms with Gasteiger partial charge in [-0.05, 0) is 12.8 Å². The van der Waals surface area contributed by atoms with Gasteiger partial charge in [0.1, 0.15) is 0 Å². The van der Waals surface area contributed by atoms with Crippen molar-refractivity contribution < 1.29 is 22.7 Å². The predicted molar refractivity (Wildman–Crippen MR) is 82.8 cm³/mol. The Balaban J connectivity index is 1.97. The number of ether oxygens (including phenoxy) is 1. The summed E-state index contributed by atoms with van der Waals surface area (Å²) >= 11 is 0. The van der Waals surface area contributed by atoms with Crippen LogP contribution in [0.2, 0.25) is 0 Å². The molecule has 0 saturated heterocycles. The normalized spacial score (nSPS) is 15.7. The molecule has 0 atom stereocenters. The third-order valence-corrected chi connectivity index (χ3v) is 4.07. The van der Waals surface area contributed by atoms with E-state index in [1.54, 1.807) is 18.0 Å². The summed E-state index contributed by atoms with van der Waals surface area (Å²) in [6, 6.07) is -0.631. The number of hydrogen-bond donors (Lipinski definition) is 1. The number of anilines is 1. The van der Waals surface area contributed by atoms with Gasteiger partial charge in [0.15, 0.2) is 0 Å². The molecule has 1 N–H and O–H groups in total.